The van der Waals surface area contributed by atoms with Gasteiger partial charge in [-0.3, -0.25) is 0 Å². The number of aliphatic hydroxyl groups is 1. The van der Waals surface area contributed by atoms with Gasteiger partial charge < -0.3 is 10.1 Å². The summed E-state index contributed by atoms with van der Waals surface area (Å²) in [6, 6.07) is 7.72. The molecule has 1 atom stereocenters. The van der Waals surface area contributed by atoms with E-state index in [4.69, 9.17) is 0 Å². The van der Waals surface area contributed by atoms with Crippen LogP contribution in [0.5, 0.6) is 0 Å². The van der Waals surface area contributed by atoms with Crippen LogP contribution in [-0.4, -0.2) is 36.1 Å². The van der Waals surface area contributed by atoms with Crippen molar-refractivity contribution in [1.29, 1.82) is 0 Å². The van der Waals surface area contributed by atoms with E-state index in [9.17, 15) is 26.7 Å². The fraction of sp³-hybridized carbons (Fsp3) is 0.278. The topological polar surface area (TPSA) is 95.1 Å². The maximum Gasteiger partial charge on any atom is 0.431 e. The Bertz CT molecular complexity index is 1070. The average molecular weight is 413 g/mol. The number of aromatic nitrogens is 2. The van der Waals surface area contributed by atoms with Crippen molar-refractivity contribution >= 4 is 21.1 Å². The Hall–Kier alpha value is -2.43. The van der Waals surface area contributed by atoms with Crippen LogP contribution in [-0.2, 0) is 16.2 Å². The third kappa shape index (κ3) is 4.03. The lowest BCUT2D eigenvalue weighted by molar-refractivity contribution is -0.140. The van der Waals surface area contributed by atoms with Crippen molar-refractivity contribution < 1.29 is 26.7 Å². The SMILES string of the molecule is CC[C@H](CO)NS(=O)(=O)c1ccc(-c2ccnc3[nH]c(C(F)(F)F)cc23)cc1. The van der Waals surface area contributed by atoms with Crippen LogP contribution >= 0.6 is 0 Å². The molecule has 3 rings (SSSR count). The molecule has 0 fully saturated rings. The number of nitrogens with zero attached hydrogens (tertiary/aromatic N) is 1. The van der Waals surface area contributed by atoms with Gasteiger partial charge in [0.05, 0.1) is 11.5 Å². The summed E-state index contributed by atoms with van der Waals surface area (Å²) in [7, 11) is -3.82. The molecule has 28 heavy (non-hydrogen) atoms. The van der Waals surface area contributed by atoms with Gasteiger partial charge in [0.15, 0.2) is 0 Å². The fourth-order valence-corrected chi connectivity index (χ4v) is 4.09. The molecule has 0 amide bonds. The summed E-state index contributed by atoms with van der Waals surface area (Å²) < 4.78 is 66.0. The van der Waals surface area contributed by atoms with Gasteiger partial charge in [-0.25, -0.2) is 18.1 Å². The van der Waals surface area contributed by atoms with Crippen molar-refractivity contribution in [2.75, 3.05) is 6.61 Å². The summed E-state index contributed by atoms with van der Waals surface area (Å²) in [6.45, 7) is 1.42. The molecule has 0 aliphatic rings. The molecule has 0 unspecified atom stereocenters. The molecular formula is C18H18F3N3O3S. The van der Waals surface area contributed by atoms with E-state index in [1.807, 2.05) is 0 Å². The van der Waals surface area contributed by atoms with Crippen LogP contribution < -0.4 is 4.72 Å². The van der Waals surface area contributed by atoms with Gasteiger partial charge in [-0.05, 0) is 41.8 Å². The van der Waals surface area contributed by atoms with Crippen molar-refractivity contribution in [2.45, 2.75) is 30.5 Å². The van der Waals surface area contributed by atoms with Crippen LogP contribution in [0.4, 0.5) is 13.2 Å². The Morgan fingerprint density at radius 3 is 2.46 bits per heavy atom. The number of hydrogen-bond acceptors (Lipinski definition) is 4. The van der Waals surface area contributed by atoms with Gasteiger partial charge in [0, 0.05) is 17.6 Å². The lowest BCUT2D eigenvalue weighted by Crippen LogP contribution is -2.36. The van der Waals surface area contributed by atoms with Crippen LogP contribution in [0.15, 0.2) is 47.5 Å². The number of nitrogens with one attached hydrogen (secondary N) is 2. The number of sulfonamides is 1. The molecule has 3 aromatic rings. The van der Waals surface area contributed by atoms with E-state index in [1.165, 1.54) is 30.5 Å². The number of alkyl halides is 3. The van der Waals surface area contributed by atoms with Crippen molar-refractivity contribution in [2.24, 2.45) is 0 Å². The van der Waals surface area contributed by atoms with Crippen molar-refractivity contribution in [1.82, 2.24) is 14.7 Å². The molecule has 150 valence electrons. The number of fused-ring (bicyclic) bond motifs is 1. The van der Waals surface area contributed by atoms with Gasteiger partial charge in [0.1, 0.15) is 11.3 Å². The first-order valence-electron chi connectivity index (χ1n) is 8.44. The van der Waals surface area contributed by atoms with Gasteiger partial charge in [-0.2, -0.15) is 13.2 Å². The molecule has 0 bridgehead atoms. The molecule has 2 aromatic heterocycles. The number of aromatic amines is 1. The summed E-state index contributed by atoms with van der Waals surface area (Å²) in [6.07, 6.45) is -2.71. The quantitative estimate of drug-likeness (QED) is 0.578. The Morgan fingerprint density at radius 1 is 1.21 bits per heavy atom. The predicted molar refractivity (Wildman–Crippen MR) is 98.0 cm³/mol. The third-order valence-electron chi connectivity index (χ3n) is 4.35. The molecule has 6 nitrogen and oxygen atoms in total. The fourth-order valence-electron chi connectivity index (χ4n) is 2.78. The lowest BCUT2D eigenvalue weighted by Gasteiger charge is -2.14. The van der Waals surface area contributed by atoms with Crippen molar-refractivity contribution in [3.63, 3.8) is 0 Å². The van der Waals surface area contributed by atoms with Crippen molar-refractivity contribution in [3.8, 4) is 11.1 Å². The highest BCUT2D eigenvalue weighted by Crippen LogP contribution is 2.34. The minimum Gasteiger partial charge on any atom is -0.395 e. The standard InChI is InChI=1S/C18H18F3N3O3S/c1-2-12(10-25)24-28(26,27)13-5-3-11(4-6-13)14-7-8-22-17-15(14)9-16(23-17)18(19,20)21/h3-9,12,24-25H,2,10H2,1H3,(H,22,23)/t12-/m1/s1. The number of pyridine rings is 1. The highest BCUT2D eigenvalue weighted by Gasteiger charge is 2.33. The lowest BCUT2D eigenvalue weighted by atomic mass is 10.0. The minimum absolute atomic E-state index is 0.00139. The number of benzene rings is 1. The second kappa shape index (κ2) is 7.53. The van der Waals surface area contributed by atoms with E-state index >= 15 is 0 Å². The second-order valence-corrected chi connectivity index (χ2v) is 7.95. The Morgan fingerprint density at radius 2 is 1.89 bits per heavy atom. The molecule has 0 radical (unpaired) electrons. The zero-order valence-corrected chi connectivity index (χ0v) is 15.6. The van der Waals surface area contributed by atoms with Gasteiger partial charge in [-0.1, -0.05) is 19.1 Å². The maximum absolute atomic E-state index is 13.0. The third-order valence-corrected chi connectivity index (χ3v) is 5.88. The van der Waals surface area contributed by atoms with Crippen LogP contribution in [0.2, 0.25) is 0 Å². The number of aliphatic hydroxyl groups excluding tert-OH is 1. The van der Waals surface area contributed by atoms with Gasteiger partial charge in [0.2, 0.25) is 10.0 Å². The highest BCUT2D eigenvalue weighted by atomic mass is 32.2. The minimum atomic E-state index is -4.52. The largest absolute Gasteiger partial charge is 0.431 e. The summed E-state index contributed by atoms with van der Waals surface area (Å²) in [4.78, 5) is 6.17. The molecule has 2 heterocycles. The van der Waals surface area contributed by atoms with E-state index in [2.05, 4.69) is 14.7 Å². The first kappa shape index (κ1) is 20.3. The van der Waals surface area contributed by atoms with E-state index in [-0.39, 0.29) is 22.5 Å². The Kier molecular flexibility index (Phi) is 5.46. The zero-order chi connectivity index (χ0) is 20.5. The van der Waals surface area contributed by atoms with Crippen LogP contribution in [0, 0.1) is 0 Å². The first-order chi connectivity index (χ1) is 13.2. The molecular weight excluding hydrogens is 395 g/mol. The monoisotopic (exact) mass is 413 g/mol. The summed E-state index contributed by atoms with van der Waals surface area (Å²) in [5.74, 6) is 0. The molecule has 0 saturated heterocycles. The highest BCUT2D eigenvalue weighted by molar-refractivity contribution is 7.89. The Labute approximate surface area is 159 Å². The molecule has 0 saturated carbocycles. The van der Waals surface area contributed by atoms with Crippen LogP contribution in [0.3, 0.4) is 0 Å². The molecule has 0 aliphatic heterocycles. The summed E-state index contributed by atoms with van der Waals surface area (Å²) in [5, 5.41) is 9.46. The van der Waals surface area contributed by atoms with Gasteiger partial charge in [-0.15, -0.1) is 0 Å². The second-order valence-electron chi connectivity index (χ2n) is 6.23. The van der Waals surface area contributed by atoms with Crippen LogP contribution in [0.1, 0.15) is 19.0 Å². The first-order valence-corrected chi connectivity index (χ1v) is 9.92. The number of hydrogen-bond donors (Lipinski definition) is 3. The number of rotatable bonds is 6. The van der Waals surface area contributed by atoms with Crippen molar-refractivity contribution in [3.05, 3.63) is 48.3 Å². The smallest absolute Gasteiger partial charge is 0.395 e. The van der Waals surface area contributed by atoms with E-state index < -0.39 is 27.9 Å². The van der Waals surface area contributed by atoms with E-state index in [0.29, 0.717) is 17.5 Å². The molecule has 10 heteroatoms. The predicted octanol–water partition coefficient (Wildman–Crippen LogP) is 3.30. The van der Waals surface area contributed by atoms with Gasteiger partial charge in [0.25, 0.3) is 0 Å². The Balaban J connectivity index is 1.97. The number of halogens is 3. The molecule has 0 aliphatic carbocycles. The normalized spacial score (nSPS) is 13.8. The zero-order valence-electron chi connectivity index (χ0n) is 14.8. The van der Waals surface area contributed by atoms with Crippen LogP contribution in [0.25, 0.3) is 22.2 Å². The average Bonchev–Trinajstić information content (AvgIpc) is 3.11. The molecule has 1 aromatic carbocycles. The summed E-state index contributed by atoms with van der Waals surface area (Å²) >= 11 is 0. The van der Waals surface area contributed by atoms with E-state index in [1.54, 1.807) is 13.0 Å². The molecule has 3 N–H and O–H groups in total. The molecule has 0 spiro atoms. The van der Waals surface area contributed by atoms with E-state index in [0.717, 1.165) is 6.07 Å². The maximum atomic E-state index is 13.0. The summed E-state index contributed by atoms with van der Waals surface area (Å²) in [5.41, 5.74) is 0.237. The van der Waals surface area contributed by atoms with Gasteiger partial charge >= 0.3 is 6.18 Å². The number of H-pyrrole nitrogens is 1.